The smallest absolute Gasteiger partial charge is 0.280 e. The van der Waals surface area contributed by atoms with Gasteiger partial charge >= 0.3 is 0 Å². The fourth-order valence-electron chi connectivity index (χ4n) is 3.49. The van der Waals surface area contributed by atoms with Crippen LogP contribution in [-0.2, 0) is 5.41 Å². The van der Waals surface area contributed by atoms with Gasteiger partial charge in [-0.2, -0.15) is 0 Å². The van der Waals surface area contributed by atoms with Crippen molar-refractivity contribution in [2.45, 2.75) is 30.8 Å². The molecule has 1 aliphatic carbocycles. The highest BCUT2D eigenvalue weighted by Gasteiger charge is 2.41. The average molecular weight is 458 g/mol. The maximum atomic E-state index is 14.3. The lowest BCUT2D eigenvalue weighted by molar-refractivity contribution is 0.0802. The molecule has 1 fully saturated rings. The predicted octanol–water partition coefficient (Wildman–Crippen LogP) is 1.55. The highest BCUT2D eigenvalue weighted by atomic mass is 32.1. The van der Waals surface area contributed by atoms with Gasteiger partial charge in [0.05, 0.1) is 23.8 Å². The average Bonchev–Trinajstić information content (AvgIpc) is 3.28. The first kappa shape index (κ1) is 22.2. The zero-order valence-electron chi connectivity index (χ0n) is 17.1. The Labute approximate surface area is 187 Å². The van der Waals surface area contributed by atoms with Crippen molar-refractivity contribution in [2.24, 2.45) is 0 Å². The van der Waals surface area contributed by atoms with Crippen molar-refractivity contribution >= 4 is 23.1 Å². The topological polar surface area (TPSA) is 133 Å². The van der Waals surface area contributed by atoms with Crippen molar-refractivity contribution in [2.75, 3.05) is 25.0 Å². The Morgan fingerprint density at radius 2 is 2.16 bits per heavy atom. The van der Waals surface area contributed by atoms with Crippen LogP contribution >= 0.6 is 11.3 Å². The molecule has 4 N–H and O–H groups in total. The Morgan fingerprint density at radius 3 is 2.81 bits per heavy atom. The summed E-state index contributed by atoms with van der Waals surface area (Å²) in [4.78, 5) is 20.5. The SMILES string of the molecule is O=C(NC[C@H](O)CO)c1nc(-c2ccc(NCC3(c4ncccc4F)CCC3)nn2)[c]s1. The van der Waals surface area contributed by atoms with Crippen LogP contribution in [0.4, 0.5) is 10.2 Å². The molecule has 0 saturated heterocycles. The van der Waals surface area contributed by atoms with Gasteiger partial charge in [-0.1, -0.05) is 6.42 Å². The highest BCUT2D eigenvalue weighted by Crippen LogP contribution is 2.43. The largest absolute Gasteiger partial charge is 0.394 e. The molecule has 0 aliphatic heterocycles. The summed E-state index contributed by atoms with van der Waals surface area (Å²) < 4.78 is 14.3. The Morgan fingerprint density at radius 1 is 1.31 bits per heavy atom. The van der Waals surface area contributed by atoms with E-state index in [4.69, 9.17) is 5.11 Å². The van der Waals surface area contributed by atoms with E-state index in [2.05, 4.69) is 36.2 Å². The van der Waals surface area contributed by atoms with Gasteiger partial charge in [0.2, 0.25) is 0 Å². The summed E-state index contributed by atoms with van der Waals surface area (Å²) in [5, 5.41) is 35.2. The number of aromatic nitrogens is 4. The minimum atomic E-state index is -1.03. The van der Waals surface area contributed by atoms with Crippen molar-refractivity contribution in [3.63, 3.8) is 0 Å². The van der Waals surface area contributed by atoms with Crippen LogP contribution in [0.3, 0.4) is 0 Å². The molecule has 9 nitrogen and oxygen atoms in total. The number of anilines is 1. The van der Waals surface area contributed by atoms with Crippen LogP contribution in [0, 0.1) is 11.2 Å². The Kier molecular flexibility index (Phi) is 6.68. The van der Waals surface area contributed by atoms with Crippen LogP contribution in [0.1, 0.15) is 34.8 Å². The van der Waals surface area contributed by atoms with Crippen LogP contribution in [0.15, 0.2) is 30.5 Å². The maximum Gasteiger partial charge on any atom is 0.280 e. The summed E-state index contributed by atoms with van der Waals surface area (Å²) >= 11 is 1.02. The molecule has 1 atom stereocenters. The first-order chi connectivity index (χ1) is 15.5. The summed E-state index contributed by atoms with van der Waals surface area (Å²) in [6, 6.07) is 6.48. The molecule has 1 saturated carbocycles. The molecule has 11 heteroatoms. The molecule has 3 aromatic rings. The van der Waals surface area contributed by atoms with E-state index in [1.165, 1.54) is 6.07 Å². The van der Waals surface area contributed by atoms with Crippen molar-refractivity contribution in [1.29, 1.82) is 0 Å². The molecule has 4 rings (SSSR count). The van der Waals surface area contributed by atoms with E-state index in [0.29, 0.717) is 29.4 Å². The van der Waals surface area contributed by atoms with Crippen LogP contribution in [0.2, 0.25) is 0 Å². The summed E-state index contributed by atoms with van der Waals surface area (Å²) in [6.45, 7) is -0.0144. The molecule has 0 spiro atoms. The van der Waals surface area contributed by atoms with Crippen molar-refractivity contribution in [1.82, 2.24) is 25.5 Å². The molecule has 1 amide bonds. The van der Waals surface area contributed by atoms with E-state index in [9.17, 15) is 14.3 Å². The van der Waals surface area contributed by atoms with E-state index in [1.54, 1.807) is 24.4 Å². The molecule has 32 heavy (non-hydrogen) atoms. The minimum Gasteiger partial charge on any atom is -0.394 e. The van der Waals surface area contributed by atoms with Crippen LogP contribution < -0.4 is 10.6 Å². The standard InChI is InChI=1S/C21H22FN6O3S/c22-14-3-1-8-23-18(14)21(6-2-7-21)12-25-17-5-4-15(27-28-17)16-11-32-20(26-16)19(31)24-9-13(30)10-29/h1,3-5,8,13,29-30H,2,6-7,9-10,12H2,(H,24,31)(H,25,28)/t13-/m0/s1. The molecule has 0 unspecified atom stereocenters. The number of carbonyl (C=O) groups excluding carboxylic acids is 1. The number of halogens is 1. The highest BCUT2D eigenvalue weighted by molar-refractivity contribution is 7.11. The lowest BCUT2D eigenvalue weighted by Crippen LogP contribution is -2.42. The number of amides is 1. The molecule has 3 heterocycles. The molecule has 1 aliphatic rings. The van der Waals surface area contributed by atoms with E-state index >= 15 is 0 Å². The molecular weight excluding hydrogens is 435 g/mol. The fraction of sp³-hybridized carbons (Fsp3) is 0.381. The number of pyridine rings is 1. The number of nitrogens with one attached hydrogen (secondary N) is 2. The number of nitrogens with zero attached hydrogens (tertiary/aromatic N) is 4. The zero-order valence-corrected chi connectivity index (χ0v) is 17.9. The maximum absolute atomic E-state index is 14.3. The summed E-state index contributed by atoms with van der Waals surface area (Å²) in [5.74, 6) is -0.216. The molecule has 0 aromatic carbocycles. The molecule has 0 bridgehead atoms. The number of aliphatic hydroxyl groups excluding tert-OH is 2. The summed E-state index contributed by atoms with van der Waals surface area (Å²) in [5.41, 5.74) is 0.973. The molecule has 1 radical (unpaired) electrons. The van der Waals surface area contributed by atoms with Gasteiger partial charge in [-0.05, 0) is 37.1 Å². The first-order valence-corrected chi connectivity index (χ1v) is 11.0. The monoisotopic (exact) mass is 457 g/mol. The lowest BCUT2D eigenvalue weighted by Gasteiger charge is -2.41. The number of thiazole rings is 1. The number of hydrogen-bond acceptors (Lipinski definition) is 9. The van der Waals surface area contributed by atoms with Crippen molar-refractivity contribution < 1.29 is 19.4 Å². The van der Waals surface area contributed by atoms with Crippen molar-refractivity contribution in [3.05, 3.63) is 52.4 Å². The predicted molar refractivity (Wildman–Crippen MR) is 116 cm³/mol. The quantitative estimate of drug-likeness (QED) is 0.380. The van der Waals surface area contributed by atoms with Crippen LogP contribution in [-0.4, -0.2) is 62.1 Å². The second-order valence-corrected chi connectivity index (χ2v) is 8.44. The van der Waals surface area contributed by atoms with E-state index in [-0.39, 0.29) is 22.8 Å². The van der Waals surface area contributed by atoms with Gasteiger partial charge < -0.3 is 20.8 Å². The number of hydrogen-bond donors (Lipinski definition) is 4. The van der Waals surface area contributed by atoms with Gasteiger partial charge in [-0.25, -0.2) is 9.37 Å². The fourth-order valence-corrected chi connectivity index (χ4v) is 4.14. The van der Waals surface area contributed by atoms with E-state index in [1.807, 2.05) is 0 Å². The zero-order chi connectivity index (χ0) is 22.6. The van der Waals surface area contributed by atoms with Crippen LogP contribution in [0.25, 0.3) is 11.4 Å². The van der Waals surface area contributed by atoms with Gasteiger partial charge in [0.1, 0.15) is 23.0 Å². The van der Waals surface area contributed by atoms with E-state index in [0.717, 1.165) is 30.6 Å². The third-order valence-electron chi connectivity index (χ3n) is 5.45. The number of rotatable bonds is 9. The number of aliphatic hydroxyl groups is 2. The lowest BCUT2D eigenvalue weighted by atomic mass is 9.66. The summed E-state index contributed by atoms with van der Waals surface area (Å²) in [7, 11) is 0. The van der Waals surface area contributed by atoms with Gasteiger partial charge in [0, 0.05) is 24.7 Å². The Balaban J connectivity index is 1.38. The molecular formula is C21H22FN6O3S. The van der Waals surface area contributed by atoms with Gasteiger partial charge in [-0.15, -0.1) is 21.5 Å². The Hall–Kier alpha value is -3.02. The van der Waals surface area contributed by atoms with Gasteiger partial charge in [0.25, 0.3) is 5.91 Å². The first-order valence-electron chi connectivity index (χ1n) is 10.2. The molecule has 3 aromatic heterocycles. The van der Waals surface area contributed by atoms with Gasteiger partial charge in [-0.3, -0.25) is 9.78 Å². The van der Waals surface area contributed by atoms with E-state index < -0.39 is 18.6 Å². The second kappa shape index (κ2) is 9.63. The van der Waals surface area contributed by atoms with Gasteiger partial charge in [0.15, 0.2) is 5.01 Å². The third-order valence-corrected chi connectivity index (χ3v) is 6.21. The number of carbonyl (C=O) groups is 1. The van der Waals surface area contributed by atoms with Crippen molar-refractivity contribution in [3.8, 4) is 11.4 Å². The second-order valence-electron chi connectivity index (χ2n) is 7.64. The Bertz CT molecular complexity index is 1070. The molecule has 167 valence electrons. The van der Waals surface area contributed by atoms with Crippen LogP contribution in [0.5, 0.6) is 0 Å². The summed E-state index contributed by atoms with van der Waals surface area (Å²) in [6.07, 6.45) is 3.32. The third kappa shape index (κ3) is 4.74. The minimum absolute atomic E-state index is 0.0751. The normalized spacial score (nSPS) is 15.6.